The third-order valence-corrected chi connectivity index (χ3v) is 4.53. The lowest BCUT2D eigenvalue weighted by molar-refractivity contribution is 0.477. The molecule has 1 aliphatic heterocycles. The van der Waals surface area contributed by atoms with Crippen LogP contribution in [-0.4, -0.2) is 6.54 Å². The van der Waals surface area contributed by atoms with Crippen molar-refractivity contribution >= 4 is 27.3 Å². The SMILES string of the molecule is CC1(C)CN(c2ccc(Br)cc2)Cc2cc(N)ccc21. The van der Waals surface area contributed by atoms with Gasteiger partial charge >= 0.3 is 0 Å². The van der Waals surface area contributed by atoms with Crippen LogP contribution in [0, 0.1) is 0 Å². The van der Waals surface area contributed by atoms with Gasteiger partial charge in [-0.05, 0) is 47.5 Å². The van der Waals surface area contributed by atoms with Crippen LogP contribution >= 0.6 is 15.9 Å². The van der Waals surface area contributed by atoms with Crippen LogP contribution in [0.1, 0.15) is 25.0 Å². The van der Waals surface area contributed by atoms with Crippen molar-refractivity contribution in [1.82, 2.24) is 0 Å². The van der Waals surface area contributed by atoms with E-state index in [1.807, 2.05) is 6.07 Å². The maximum absolute atomic E-state index is 5.95. The molecule has 0 saturated carbocycles. The van der Waals surface area contributed by atoms with E-state index in [0.29, 0.717) is 0 Å². The van der Waals surface area contributed by atoms with E-state index in [9.17, 15) is 0 Å². The van der Waals surface area contributed by atoms with Crippen molar-refractivity contribution in [2.75, 3.05) is 17.2 Å². The number of halogens is 1. The third-order valence-electron chi connectivity index (χ3n) is 4.00. The van der Waals surface area contributed by atoms with E-state index in [4.69, 9.17) is 5.73 Å². The predicted octanol–water partition coefficient (Wildman–Crippen LogP) is 4.33. The molecule has 0 amide bonds. The van der Waals surface area contributed by atoms with Crippen molar-refractivity contribution in [2.24, 2.45) is 0 Å². The molecular formula is C17H19BrN2. The van der Waals surface area contributed by atoms with Crippen molar-refractivity contribution in [3.8, 4) is 0 Å². The summed E-state index contributed by atoms with van der Waals surface area (Å²) in [5, 5.41) is 0. The van der Waals surface area contributed by atoms with Crippen LogP contribution < -0.4 is 10.6 Å². The monoisotopic (exact) mass is 330 g/mol. The molecule has 2 aromatic carbocycles. The van der Waals surface area contributed by atoms with E-state index in [0.717, 1.165) is 23.2 Å². The molecule has 104 valence electrons. The summed E-state index contributed by atoms with van der Waals surface area (Å²) >= 11 is 3.49. The Morgan fingerprint density at radius 3 is 2.50 bits per heavy atom. The second kappa shape index (κ2) is 4.81. The maximum atomic E-state index is 5.95. The lowest BCUT2D eigenvalue weighted by Crippen LogP contribution is -2.42. The number of nitrogen functional groups attached to an aromatic ring is 1. The van der Waals surface area contributed by atoms with Gasteiger partial charge in [-0.2, -0.15) is 0 Å². The van der Waals surface area contributed by atoms with Gasteiger partial charge in [-0.3, -0.25) is 0 Å². The molecule has 2 aromatic rings. The molecule has 0 atom stereocenters. The topological polar surface area (TPSA) is 29.3 Å². The Hall–Kier alpha value is -1.48. The van der Waals surface area contributed by atoms with Crippen LogP contribution in [0.25, 0.3) is 0 Å². The number of hydrogen-bond donors (Lipinski definition) is 1. The van der Waals surface area contributed by atoms with E-state index in [1.165, 1.54) is 16.8 Å². The van der Waals surface area contributed by atoms with E-state index < -0.39 is 0 Å². The molecule has 0 fully saturated rings. The molecule has 0 saturated heterocycles. The van der Waals surface area contributed by atoms with Crippen LogP contribution in [0.2, 0.25) is 0 Å². The van der Waals surface area contributed by atoms with Gasteiger partial charge in [0.15, 0.2) is 0 Å². The van der Waals surface area contributed by atoms with Crippen LogP contribution in [-0.2, 0) is 12.0 Å². The number of nitrogens with zero attached hydrogens (tertiary/aromatic N) is 1. The number of fused-ring (bicyclic) bond motifs is 1. The lowest BCUT2D eigenvalue weighted by Gasteiger charge is -2.41. The minimum absolute atomic E-state index is 0.133. The molecule has 3 heteroatoms. The molecule has 0 aliphatic carbocycles. The third kappa shape index (κ3) is 2.42. The first-order valence-electron chi connectivity index (χ1n) is 6.85. The van der Waals surface area contributed by atoms with Crippen molar-refractivity contribution in [2.45, 2.75) is 25.8 Å². The number of nitrogens with two attached hydrogens (primary N) is 1. The van der Waals surface area contributed by atoms with Gasteiger partial charge in [0.2, 0.25) is 0 Å². The average molecular weight is 331 g/mol. The van der Waals surface area contributed by atoms with Gasteiger partial charge in [-0.1, -0.05) is 35.8 Å². The number of benzene rings is 2. The second-order valence-electron chi connectivity index (χ2n) is 6.13. The summed E-state index contributed by atoms with van der Waals surface area (Å²) in [5.41, 5.74) is 10.9. The zero-order chi connectivity index (χ0) is 14.3. The summed E-state index contributed by atoms with van der Waals surface area (Å²) in [6.07, 6.45) is 0. The highest BCUT2D eigenvalue weighted by Crippen LogP contribution is 2.36. The van der Waals surface area contributed by atoms with Gasteiger partial charge in [0, 0.05) is 34.4 Å². The molecule has 0 radical (unpaired) electrons. The Labute approximate surface area is 128 Å². The normalized spacial score (nSPS) is 16.9. The Balaban J connectivity index is 2.00. The first kappa shape index (κ1) is 13.5. The average Bonchev–Trinajstić information content (AvgIpc) is 2.38. The van der Waals surface area contributed by atoms with Gasteiger partial charge in [-0.25, -0.2) is 0 Å². The Kier molecular flexibility index (Phi) is 3.25. The summed E-state index contributed by atoms with van der Waals surface area (Å²) in [6, 6.07) is 14.8. The van der Waals surface area contributed by atoms with Crippen molar-refractivity contribution in [3.63, 3.8) is 0 Å². The van der Waals surface area contributed by atoms with Gasteiger partial charge in [0.1, 0.15) is 0 Å². The molecule has 20 heavy (non-hydrogen) atoms. The van der Waals surface area contributed by atoms with E-state index in [-0.39, 0.29) is 5.41 Å². The van der Waals surface area contributed by atoms with E-state index in [1.54, 1.807) is 0 Å². The highest BCUT2D eigenvalue weighted by Gasteiger charge is 2.31. The molecule has 0 bridgehead atoms. The summed E-state index contributed by atoms with van der Waals surface area (Å²) in [7, 11) is 0. The summed E-state index contributed by atoms with van der Waals surface area (Å²) in [6.45, 7) is 6.54. The van der Waals surface area contributed by atoms with Crippen LogP contribution in [0.15, 0.2) is 46.9 Å². The number of hydrogen-bond acceptors (Lipinski definition) is 2. The fourth-order valence-corrected chi connectivity index (χ4v) is 3.33. The first-order chi connectivity index (χ1) is 9.45. The Morgan fingerprint density at radius 1 is 1.10 bits per heavy atom. The van der Waals surface area contributed by atoms with Crippen LogP contribution in [0.5, 0.6) is 0 Å². The quantitative estimate of drug-likeness (QED) is 0.788. The minimum Gasteiger partial charge on any atom is -0.399 e. The molecule has 2 N–H and O–H groups in total. The Morgan fingerprint density at radius 2 is 1.80 bits per heavy atom. The van der Waals surface area contributed by atoms with Crippen LogP contribution in [0.3, 0.4) is 0 Å². The number of rotatable bonds is 1. The van der Waals surface area contributed by atoms with E-state index in [2.05, 4.69) is 71.1 Å². The van der Waals surface area contributed by atoms with Gasteiger partial charge in [0.05, 0.1) is 0 Å². The zero-order valence-corrected chi connectivity index (χ0v) is 13.4. The summed E-state index contributed by atoms with van der Waals surface area (Å²) < 4.78 is 1.11. The van der Waals surface area contributed by atoms with Crippen molar-refractivity contribution in [1.29, 1.82) is 0 Å². The fraction of sp³-hybridized carbons (Fsp3) is 0.294. The van der Waals surface area contributed by atoms with E-state index >= 15 is 0 Å². The van der Waals surface area contributed by atoms with Crippen molar-refractivity contribution in [3.05, 3.63) is 58.1 Å². The minimum atomic E-state index is 0.133. The molecule has 0 spiro atoms. The van der Waals surface area contributed by atoms with Crippen molar-refractivity contribution < 1.29 is 0 Å². The second-order valence-corrected chi connectivity index (χ2v) is 7.05. The molecule has 0 unspecified atom stereocenters. The highest BCUT2D eigenvalue weighted by atomic mass is 79.9. The molecule has 0 aromatic heterocycles. The highest BCUT2D eigenvalue weighted by molar-refractivity contribution is 9.10. The van der Waals surface area contributed by atoms with Crippen LogP contribution in [0.4, 0.5) is 11.4 Å². The molecule has 1 heterocycles. The zero-order valence-electron chi connectivity index (χ0n) is 11.9. The predicted molar refractivity (Wildman–Crippen MR) is 89.1 cm³/mol. The lowest BCUT2D eigenvalue weighted by atomic mass is 9.78. The van der Waals surface area contributed by atoms with Gasteiger partial charge in [0.25, 0.3) is 0 Å². The molecular weight excluding hydrogens is 312 g/mol. The maximum Gasteiger partial charge on any atom is 0.0433 e. The standard InChI is InChI=1S/C17H19BrN2/c1-17(2)11-20(15-6-3-13(18)4-7-15)10-12-9-14(19)5-8-16(12)17/h3-9H,10-11,19H2,1-2H3. The molecule has 2 nitrogen and oxygen atoms in total. The molecule has 1 aliphatic rings. The fourth-order valence-electron chi connectivity index (χ4n) is 3.06. The first-order valence-corrected chi connectivity index (χ1v) is 7.64. The summed E-state index contributed by atoms with van der Waals surface area (Å²) in [4.78, 5) is 2.42. The number of anilines is 2. The molecule has 3 rings (SSSR count). The smallest absolute Gasteiger partial charge is 0.0433 e. The largest absolute Gasteiger partial charge is 0.399 e. The van der Waals surface area contributed by atoms with Gasteiger partial charge < -0.3 is 10.6 Å². The summed E-state index contributed by atoms with van der Waals surface area (Å²) in [5.74, 6) is 0. The Bertz CT molecular complexity index is 632. The van der Waals surface area contributed by atoms with Gasteiger partial charge in [-0.15, -0.1) is 0 Å².